The van der Waals surface area contributed by atoms with Gasteiger partial charge in [0, 0.05) is 47.9 Å². The predicted octanol–water partition coefficient (Wildman–Crippen LogP) is 2.54. The van der Waals surface area contributed by atoms with Crippen LogP contribution in [0.15, 0.2) is 23.8 Å². The van der Waals surface area contributed by atoms with E-state index in [2.05, 4.69) is 21.4 Å². The second-order valence-electron chi connectivity index (χ2n) is 8.74. The molecule has 3 aliphatic rings. The Balaban J connectivity index is 1.21. The Morgan fingerprint density at radius 2 is 2.04 bits per heavy atom. The summed E-state index contributed by atoms with van der Waals surface area (Å²) >= 11 is 1.88. The highest BCUT2D eigenvalue weighted by molar-refractivity contribution is 7.90. The van der Waals surface area contributed by atoms with Crippen LogP contribution in [0.25, 0.3) is 0 Å². The number of hydrogen-bond donors (Lipinski definition) is 0. The van der Waals surface area contributed by atoms with Gasteiger partial charge in [-0.2, -0.15) is 5.10 Å². The van der Waals surface area contributed by atoms with E-state index in [1.807, 2.05) is 23.7 Å². The lowest BCUT2D eigenvalue weighted by atomic mass is 9.81. The largest absolute Gasteiger partial charge is 0.368 e. The van der Waals surface area contributed by atoms with Crippen LogP contribution in [-0.4, -0.2) is 54.8 Å². The van der Waals surface area contributed by atoms with Crippen molar-refractivity contribution in [2.24, 2.45) is 0 Å². The van der Waals surface area contributed by atoms with Crippen molar-refractivity contribution in [3.05, 3.63) is 39.8 Å². The highest BCUT2D eigenvalue weighted by atomic mass is 32.2. The average molecular weight is 422 g/mol. The molecule has 0 bridgehead atoms. The first kappa shape index (κ1) is 18.8. The SMILES string of the molecule is CS(=O)(=O)CCn1cc(CN2CCC3(CC2)OCC2(CC2)c2ccsc23)cn1. The van der Waals surface area contributed by atoms with Crippen molar-refractivity contribution >= 4 is 21.2 Å². The third kappa shape index (κ3) is 3.44. The number of piperidine rings is 1. The lowest BCUT2D eigenvalue weighted by Gasteiger charge is -2.45. The zero-order chi connectivity index (χ0) is 19.4. The van der Waals surface area contributed by atoms with E-state index in [9.17, 15) is 8.42 Å². The van der Waals surface area contributed by atoms with E-state index in [0.29, 0.717) is 12.0 Å². The summed E-state index contributed by atoms with van der Waals surface area (Å²) in [6, 6.07) is 2.34. The second-order valence-corrected chi connectivity index (χ2v) is 11.9. The smallest absolute Gasteiger partial charge is 0.149 e. The van der Waals surface area contributed by atoms with Gasteiger partial charge in [-0.25, -0.2) is 8.42 Å². The van der Waals surface area contributed by atoms with E-state index >= 15 is 0 Å². The number of aromatic nitrogens is 2. The Hall–Kier alpha value is -1.22. The van der Waals surface area contributed by atoms with E-state index in [0.717, 1.165) is 44.6 Å². The van der Waals surface area contributed by atoms with Gasteiger partial charge in [0.2, 0.25) is 0 Å². The number of thiophene rings is 1. The number of ether oxygens (including phenoxy) is 1. The minimum Gasteiger partial charge on any atom is -0.368 e. The maximum absolute atomic E-state index is 11.3. The molecule has 1 saturated carbocycles. The number of aryl methyl sites for hydroxylation is 1. The molecule has 0 N–H and O–H groups in total. The first-order chi connectivity index (χ1) is 13.4. The van der Waals surface area contributed by atoms with Crippen molar-refractivity contribution in [2.75, 3.05) is 31.7 Å². The number of rotatable bonds is 5. The highest BCUT2D eigenvalue weighted by Crippen LogP contribution is 2.58. The van der Waals surface area contributed by atoms with Crippen LogP contribution < -0.4 is 0 Å². The molecule has 8 heteroatoms. The van der Waals surface area contributed by atoms with E-state index in [1.54, 1.807) is 10.2 Å². The molecule has 2 fully saturated rings. The number of nitrogens with zero attached hydrogens (tertiary/aromatic N) is 3. The summed E-state index contributed by atoms with van der Waals surface area (Å²) in [5.74, 6) is 0.127. The molecule has 2 aromatic rings. The number of sulfone groups is 1. The molecule has 0 aromatic carbocycles. The van der Waals surface area contributed by atoms with Crippen LogP contribution >= 0.6 is 11.3 Å². The first-order valence-electron chi connectivity index (χ1n) is 10.0. The van der Waals surface area contributed by atoms with Crippen LogP contribution in [0.5, 0.6) is 0 Å². The summed E-state index contributed by atoms with van der Waals surface area (Å²) in [5.41, 5.74) is 2.98. The van der Waals surface area contributed by atoms with Gasteiger partial charge in [-0.15, -0.1) is 11.3 Å². The summed E-state index contributed by atoms with van der Waals surface area (Å²) in [4.78, 5) is 3.95. The van der Waals surface area contributed by atoms with Gasteiger partial charge in [0.05, 0.1) is 25.1 Å². The zero-order valence-corrected chi connectivity index (χ0v) is 17.9. The third-order valence-electron chi connectivity index (χ3n) is 6.58. The van der Waals surface area contributed by atoms with Gasteiger partial charge in [-0.1, -0.05) is 0 Å². The Bertz CT molecular complexity index is 966. The molecule has 0 atom stereocenters. The van der Waals surface area contributed by atoms with Crippen LogP contribution in [0, 0.1) is 0 Å². The maximum Gasteiger partial charge on any atom is 0.149 e. The molecule has 152 valence electrons. The van der Waals surface area contributed by atoms with E-state index in [-0.39, 0.29) is 11.4 Å². The molecule has 2 aromatic heterocycles. The Morgan fingerprint density at radius 1 is 1.25 bits per heavy atom. The van der Waals surface area contributed by atoms with Crippen molar-refractivity contribution < 1.29 is 13.2 Å². The molecular formula is C20H27N3O3S2. The lowest BCUT2D eigenvalue weighted by Crippen LogP contribution is -2.47. The van der Waals surface area contributed by atoms with Crippen LogP contribution in [-0.2, 0) is 38.7 Å². The standard InChI is InChI=1S/C20H27N3O3S2/c1-28(24,25)11-9-23-14-16(12-21-23)13-22-7-5-20(6-8-22)18-17(2-10-27-18)19(3-4-19)15-26-20/h2,10,12,14H,3-9,11,13,15H2,1H3. The zero-order valence-electron chi connectivity index (χ0n) is 16.3. The third-order valence-corrected chi connectivity index (χ3v) is 8.60. The monoisotopic (exact) mass is 421 g/mol. The molecule has 1 saturated heterocycles. The molecule has 0 radical (unpaired) electrons. The summed E-state index contributed by atoms with van der Waals surface area (Å²) in [6.45, 7) is 4.19. The van der Waals surface area contributed by atoms with E-state index in [4.69, 9.17) is 4.74 Å². The average Bonchev–Trinajstić information content (AvgIpc) is 3.07. The van der Waals surface area contributed by atoms with Gasteiger partial charge < -0.3 is 4.74 Å². The Labute approximate surface area is 170 Å². The molecule has 5 rings (SSSR count). The fourth-order valence-corrected chi connectivity index (χ4v) is 6.38. The van der Waals surface area contributed by atoms with Crippen LogP contribution in [0.4, 0.5) is 0 Å². The number of fused-ring (bicyclic) bond motifs is 3. The first-order valence-corrected chi connectivity index (χ1v) is 13.0. The van der Waals surface area contributed by atoms with E-state index < -0.39 is 9.84 Å². The van der Waals surface area contributed by atoms with Gasteiger partial charge in [0.25, 0.3) is 0 Å². The van der Waals surface area contributed by atoms with Crippen LogP contribution in [0.1, 0.15) is 41.7 Å². The van der Waals surface area contributed by atoms with Gasteiger partial charge in [0.15, 0.2) is 0 Å². The second kappa shape index (κ2) is 6.65. The van der Waals surface area contributed by atoms with Crippen molar-refractivity contribution in [1.82, 2.24) is 14.7 Å². The Morgan fingerprint density at radius 3 is 2.75 bits per heavy atom. The van der Waals surface area contributed by atoms with Gasteiger partial charge in [0.1, 0.15) is 15.4 Å². The van der Waals surface area contributed by atoms with Crippen molar-refractivity contribution in [3.8, 4) is 0 Å². The maximum atomic E-state index is 11.3. The fourth-order valence-electron chi connectivity index (χ4n) is 4.64. The van der Waals surface area contributed by atoms with Gasteiger partial charge >= 0.3 is 0 Å². The fraction of sp³-hybridized carbons (Fsp3) is 0.650. The topological polar surface area (TPSA) is 64.4 Å². The summed E-state index contributed by atoms with van der Waals surface area (Å²) < 4.78 is 30.9. The lowest BCUT2D eigenvalue weighted by molar-refractivity contribution is -0.107. The molecule has 4 heterocycles. The summed E-state index contributed by atoms with van der Waals surface area (Å²) in [6.07, 6.45) is 9.74. The number of hydrogen-bond acceptors (Lipinski definition) is 6. The minimum atomic E-state index is -2.96. The van der Waals surface area contributed by atoms with Crippen LogP contribution in [0.3, 0.4) is 0 Å². The molecule has 0 unspecified atom stereocenters. The molecular weight excluding hydrogens is 394 g/mol. The normalized spacial score (nSPS) is 23.2. The van der Waals surface area contributed by atoms with Gasteiger partial charge in [-0.05, 0) is 42.7 Å². The number of likely N-dealkylation sites (tertiary alicyclic amines) is 1. The molecule has 1 aliphatic carbocycles. The van der Waals surface area contributed by atoms with Gasteiger partial charge in [-0.3, -0.25) is 9.58 Å². The van der Waals surface area contributed by atoms with Crippen molar-refractivity contribution in [2.45, 2.75) is 49.8 Å². The molecule has 2 spiro atoms. The quantitative estimate of drug-likeness (QED) is 0.742. The highest BCUT2D eigenvalue weighted by Gasteiger charge is 2.55. The summed E-state index contributed by atoms with van der Waals surface area (Å²) in [5, 5.41) is 6.56. The molecule has 2 aliphatic heterocycles. The predicted molar refractivity (Wildman–Crippen MR) is 109 cm³/mol. The Kier molecular flexibility index (Phi) is 4.46. The molecule has 6 nitrogen and oxygen atoms in total. The summed E-state index contributed by atoms with van der Waals surface area (Å²) in [7, 11) is -2.96. The van der Waals surface area contributed by atoms with Crippen molar-refractivity contribution in [1.29, 1.82) is 0 Å². The van der Waals surface area contributed by atoms with E-state index in [1.165, 1.54) is 24.0 Å². The molecule has 0 amide bonds. The van der Waals surface area contributed by atoms with Crippen molar-refractivity contribution in [3.63, 3.8) is 0 Å². The molecule has 28 heavy (non-hydrogen) atoms. The van der Waals surface area contributed by atoms with Crippen LogP contribution in [0.2, 0.25) is 0 Å². The minimum absolute atomic E-state index is 0.0759.